The summed E-state index contributed by atoms with van der Waals surface area (Å²) in [6.45, 7) is 5.51. The average molecular weight is 580 g/mol. The summed E-state index contributed by atoms with van der Waals surface area (Å²) >= 11 is 3.64. The Hall–Kier alpha value is -2.05. The minimum atomic E-state index is -1.20. The predicted octanol–water partition coefficient (Wildman–Crippen LogP) is 0.480. The van der Waals surface area contributed by atoms with Gasteiger partial charge in [-0.3, -0.25) is 19.3 Å². The molecular weight excluding hydrogens is 546 g/mol. The number of carbonyl (C=O) groups is 3. The number of nitrogens with zero attached hydrogens (tertiary/aromatic N) is 2. The van der Waals surface area contributed by atoms with Crippen molar-refractivity contribution < 1.29 is 33.7 Å². The van der Waals surface area contributed by atoms with E-state index in [1.54, 1.807) is 6.92 Å². The van der Waals surface area contributed by atoms with E-state index in [0.29, 0.717) is 38.3 Å². The van der Waals surface area contributed by atoms with Crippen LogP contribution in [0.25, 0.3) is 0 Å². The number of benzene rings is 1. The Kier molecular flexibility index (Phi) is 7.88. The molecular formula is C26H34BrN3O7. The topological polar surface area (TPSA) is 118 Å². The van der Waals surface area contributed by atoms with E-state index in [1.807, 2.05) is 30.3 Å². The number of aliphatic hydroxyl groups excluding tert-OH is 1. The average Bonchev–Trinajstić information content (AvgIpc) is 3.50. The van der Waals surface area contributed by atoms with Crippen molar-refractivity contribution >= 4 is 33.7 Å². The molecule has 202 valence electrons. The third-order valence-electron chi connectivity index (χ3n) is 8.06. The molecule has 0 aromatic heterocycles. The minimum absolute atomic E-state index is 0.182. The molecule has 0 radical (unpaired) electrons. The van der Waals surface area contributed by atoms with E-state index in [2.05, 4.69) is 26.1 Å². The molecule has 1 aromatic rings. The standard InChI is InChI=1S/C26H34BrN3O7/c1-2-36-25(34)19-20-24(33)30(18(15-31)16-6-4-3-5-7-16)22(26(20)14-17(27)21(19)37-26)23(32)28-8-9-29-10-12-35-13-11-29/h3-7,17-22,31H,2,8-15H2,1H3,(H,28,32)/t17?,18-,19+,20+,21+,22?,26?/m1/s1. The Morgan fingerprint density at radius 2 is 2.00 bits per heavy atom. The summed E-state index contributed by atoms with van der Waals surface area (Å²) < 4.78 is 17.2. The number of nitrogens with one attached hydrogen (secondary N) is 1. The SMILES string of the molecule is CCOC(=O)[C@H]1[C@H]2C(=O)N([C@H](CO)c3ccccc3)C(C(=O)NCCN3CCOCC3)C23CC(Br)[C@@H]1O3. The molecule has 4 heterocycles. The largest absolute Gasteiger partial charge is 0.466 e. The van der Waals surface area contributed by atoms with Gasteiger partial charge in [0.25, 0.3) is 0 Å². The van der Waals surface area contributed by atoms with Gasteiger partial charge in [-0.15, -0.1) is 0 Å². The zero-order valence-corrected chi connectivity index (χ0v) is 22.5. The van der Waals surface area contributed by atoms with Gasteiger partial charge in [0.1, 0.15) is 11.6 Å². The third-order valence-corrected chi connectivity index (χ3v) is 8.90. The van der Waals surface area contributed by atoms with Crippen molar-refractivity contribution in [3.63, 3.8) is 0 Å². The van der Waals surface area contributed by atoms with Gasteiger partial charge < -0.3 is 29.5 Å². The molecule has 4 aliphatic rings. The number of carbonyl (C=O) groups excluding carboxylic acids is 3. The minimum Gasteiger partial charge on any atom is -0.466 e. The Balaban J connectivity index is 1.47. The number of alkyl halides is 1. The summed E-state index contributed by atoms with van der Waals surface area (Å²) in [6, 6.07) is 7.38. The van der Waals surface area contributed by atoms with Crippen LogP contribution in [-0.4, -0.2) is 108 Å². The van der Waals surface area contributed by atoms with E-state index >= 15 is 0 Å². The van der Waals surface area contributed by atoms with Crippen molar-refractivity contribution in [1.29, 1.82) is 0 Å². The van der Waals surface area contributed by atoms with Gasteiger partial charge in [0, 0.05) is 31.0 Å². The van der Waals surface area contributed by atoms with Crippen molar-refractivity contribution in [3.05, 3.63) is 35.9 Å². The lowest BCUT2D eigenvalue weighted by Crippen LogP contribution is -2.57. The third kappa shape index (κ3) is 4.58. The second-order valence-electron chi connectivity index (χ2n) is 10.0. The first-order valence-corrected chi connectivity index (χ1v) is 13.9. The number of halogens is 1. The van der Waals surface area contributed by atoms with E-state index in [9.17, 15) is 19.5 Å². The number of amides is 2. The van der Waals surface area contributed by atoms with Crippen LogP contribution >= 0.6 is 15.9 Å². The van der Waals surface area contributed by atoms with Crippen molar-refractivity contribution in [2.75, 3.05) is 52.6 Å². The Morgan fingerprint density at radius 1 is 1.27 bits per heavy atom. The molecule has 7 atom stereocenters. The van der Waals surface area contributed by atoms with Crippen LogP contribution in [0.4, 0.5) is 0 Å². The molecule has 2 amide bonds. The molecule has 37 heavy (non-hydrogen) atoms. The van der Waals surface area contributed by atoms with Gasteiger partial charge in [-0.1, -0.05) is 46.3 Å². The van der Waals surface area contributed by atoms with Crippen LogP contribution < -0.4 is 5.32 Å². The number of likely N-dealkylation sites (tertiary alicyclic amines) is 1. The number of aliphatic hydroxyl groups is 1. The van der Waals surface area contributed by atoms with Crippen LogP contribution in [0.2, 0.25) is 0 Å². The fourth-order valence-corrected chi connectivity index (χ4v) is 7.44. The zero-order valence-electron chi connectivity index (χ0n) is 20.9. The van der Waals surface area contributed by atoms with Crippen molar-refractivity contribution in [1.82, 2.24) is 15.1 Å². The number of rotatable bonds is 9. The molecule has 1 aromatic carbocycles. The summed E-state index contributed by atoms with van der Waals surface area (Å²) in [5.74, 6) is -2.89. The number of morpholine rings is 1. The molecule has 10 nitrogen and oxygen atoms in total. The lowest BCUT2D eigenvalue weighted by molar-refractivity contribution is -0.155. The van der Waals surface area contributed by atoms with Crippen LogP contribution in [-0.2, 0) is 28.6 Å². The lowest BCUT2D eigenvalue weighted by atomic mass is 9.70. The maximum absolute atomic E-state index is 14.1. The number of ether oxygens (including phenoxy) is 3. The van der Waals surface area contributed by atoms with Gasteiger partial charge in [0.05, 0.1) is 50.4 Å². The van der Waals surface area contributed by atoms with Gasteiger partial charge in [0.15, 0.2) is 0 Å². The molecule has 5 rings (SSSR count). The lowest BCUT2D eigenvalue weighted by Gasteiger charge is -2.37. The van der Waals surface area contributed by atoms with E-state index in [4.69, 9.17) is 14.2 Å². The monoisotopic (exact) mass is 579 g/mol. The van der Waals surface area contributed by atoms with Crippen LogP contribution in [0.1, 0.15) is 24.9 Å². The van der Waals surface area contributed by atoms with E-state index in [1.165, 1.54) is 4.90 Å². The molecule has 2 N–H and O–H groups in total. The van der Waals surface area contributed by atoms with Crippen molar-refractivity contribution in [2.24, 2.45) is 11.8 Å². The second kappa shape index (κ2) is 11.0. The van der Waals surface area contributed by atoms with E-state index in [-0.39, 0.29) is 29.9 Å². The Morgan fingerprint density at radius 3 is 2.68 bits per heavy atom. The number of hydrogen-bond acceptors (Lipinski definition) is 8. The van der Waals surface area contributed by atoms with Crippen LogP contribution in [0, 0.1) is 11.8 Å². The quantitative estimate of drug-likeness (QED) is 0.320. The highest BCUT2D eigenvalue weighted by Gasteiger charge is 2.77. The summed E-state index contributed by atoms with van der Waals surface area (Å²) in [5, 5.41) is 13.5. The van der Waals surface area contributed by atoms with Crippen LogP contribution in [0.5, 0.6) is 0 Å². The number of esters is 1. The molecule has 2 bridgehead atoms. The first kappa shape index (κ1) is 26.6. The van der Waals surface area contributed by atoms with Crippen molar-refractivity contribution in [3.8, 4) is 0 Å². The highest BCUT2D eigenvalue weighted by molar-refractivity contribution is 9.09. The number of hydrogen-bond donors (Lipinski definition) is 2. The van der Waals surface area contributed by atoms with Gasteiger partial charge in [-0.25, -0.2) is 0 Å². The normalized spacial score (nSPS) is 33.9. The number of fused-ring (bicyclic) bond motifs is 1. The highest BCUT2D eigenvalue weighted by atomic mass is 79.9. The fourth-order valence-electron chi connectivity index (χ4n) is 6.50. The van der Waals surface area contributed by atoms with Gasteiger partial charge in [0.2, 0.25) is 11.8 Å². The van der Waals surface area contributed by atoms with Gasteiger partial charge in [-0.05, 0) is 18.9 Å². The molecule has 11 heteroatoms. The Bertz CT molecular complexity index is 1010. The van der Waals surface area contributed by atoms with Crippen LogP contribution in [0.3, 0.4) is 0 Å². The maximum Gasteiger partial charge on any atom is 0.312 e. The smallest absolute Gasteiger partial charge is 0.312 e. The second-order valence-corrected chi connectivity index (χ2v) is 11.2. The molecule has 0 aliphatic carbocycles. The molecule has 4 aliphatic heterocycles. The van der Waals surface area contributed by atoms with E-state index in [0.717, 1.165) is 13.1 Å². The summed E-state index contributed by atoms with van der Waals surface area (Å²) in [6.07, 6.45) is -0.169. The first-order valence-electron chi connectivity index (χ1n) is 13.0. The maximum atomic E-state index is 14.1. The van der Waals surface area contributed by atoms with Gasteiger partial charge in [-0.2, -0.15) is 0 Å². The Labute approximate surface area is 224 Å². The zero-order chi connectivity index (χ0) is 26.2. The molecule has 4 saturated heterocycles. The molecule has 3 unspecified atom stereocenters. The highest BCUT2D eigenvalue weighted by Crippen LogP contribution is 2.61. The van der Waals surface area contributed by atoms with Gasteiger partial charge >= 0.3 is 5.97 Å². The predicted molar refractivity (Wildman–Crippen MR) is 136 cm³/mol. The summed E-state index contributed by atoms with van der Waals surface area (Å²) in [5.41, 5.74) is -0.489. The molecule has 1 spiro atoms. The summed E-state index contributed by atoms with van der Waals surface area (Å²) in [7, 11) is 0. The fraction of sp³-hybridized carbons (Fsp3) is 0.654. The van der Waals surface area contributed by atoms with Crippen LogP contribution in [0.15, 0.2) is 30.3 Å². The van der Waals surface area contributed by atoms with Crippen molar-refractivity contribution in [2.45, 2.75) is 42.0 Å². The van der Waals surface area contributed by atoms with E-state index < -0.39 is 41.6 Å². The summed E-state index contributed by atoms with van der Waals surface area (Å²) in [4.78, 5) is 44.5. The molecule has 0 saturated carbocycles. The first-order chi connectivity index (χ1) is 17.9. The molecule has 4 fully saturated rings.